The molecule has 2 saturated heterocycles. The first kappa shape index (κ1) is 13.1. The Morgan fingerprint density at radius 2 is 1.84 bits per heavy atom. The van der Waals surface area contributed by atoms with Crippen LogP contribution in [0.3, 0.4) is 0 Å². The third-order valence-corrected chi connectivity index (χ3v) is 4.46. The number of nitrogens with one attached hydrogen (secondary N) is 1. The van der Waals surface area contributed by atoms with Crippen molar-refractivity contribution < 1.29 is 0 Å². The maximum atomic E-state index is 3.40. The van der Waals surface area contributed by atoms with Gasteiger partial charge >= 0.3 is 0 Å². The van der Waals surface area contributed by atoms with E-state index >= 15 is 0 Å². The Balaban J connectivity index is 1.59. The minimum absolute atomic E-state index is 0.748. The molecule has 1 atom stereocenters. The van der Waals surface area contributed by atoms with E-state index in [2.05, 4.69) is 46.4 Å². The molecule has 104 valence electrons. The van der Waals surface area contributed by atoms with Crippen LogP contribution in [0.5, 0.6) is 0 Å². The van der Waals surface area contributed by atoms with E-state index < -0.39 is 0 Å². The highest BCUT2D eigenvalue weighted by molar-refractivity contribution is 5.26. The minimum atomic E-state index is 0.748. The molecule has 3 rings (SSSR count). The zero-order chi connectivity index (χ0) is 13.1. The van der Waals surface area contributed by atoms with E-state index in [0.29, 0.717) is 0 Å². The van der Waals surface area contributed by atoms with Crippen molar-refractivity contribution in [1.82, 2.24) is 15.1 Å². The van der Waals surface area contributed by atoms with E-state index in [1.54, 1.807) is 0 Å². The first-order chi connectivity index (χ1) is 9.31. The van der Waals surface area contributed by atoms with Crippen LogP contribution in [0.15, 0.2) is 24.3 Å². The summed E-state index contributed by atoms with van der Waals surface area (Å²) in [4.78, 5) is 4.97. The summed E-state index contributed by atoms with van der Waals surface area (Å²) >= 11 is 0. The highest BCUT2D eigenvalue weighted by atomic mass is 15.2. The van der Waals surface area contributed by atoms with Crippen LogP contribution in [-0.2, 0) is 6.54 Å². The Morgan fingerprint density at radius 3 is 2.47 bits per heavy atom. The fraction of sp³-hybridized carbons (Fsp3) is 0.625. The summed E-state index contributed by atoms with van der Waals surface area (Å²) in [5, 5.41) is 3.40. The quantitative estimate of drug-likeness (QED) is 0.888. The van der Waals surface area contributed by atoms with Crippen LogP contribution >= 0.6 is 0 Å². The molecule has 0 amide bonds. The molecule has 2 aliphatic heterocycles. The molecule has 1 N–H and O–H groups in total. The van der Waals surface area contributed by atoms with Gasteiger partial charge in [-0.3, -0.25) is 4.90 Å². The van der Waals surface area contributed by atoms with Crippen LogP contribution in [0.25, 0.3) is 0 Å². The van der Waals surface area contributed by atoms with Gasteiger partial charge < -0.3 is 10.2 Å². The zero-order valence-electron chi connectivity index (χ0n) is 11.9. The summed E-state index contributed by atoms with van der Waals surface area (Å²) in [7, 11) is 2.22. The lowest BCUT2D eigenvalue weighted by atomic mass is 9.97. The minimum Gasteiger partial charge on any atom is -0.314 e. The van der Waals surface area contributed by atoms with Crippen molar-refractivity contribution in [2.24, 2.45) is 0 Å². The Kier molecular flexibility index (Phi) is 4.16. The molecule has 19 heavy (non-hydrogen) atoms. The zero-order valence-corrected chi connectivity index (χ0v) is 11.9. The second-order valence-corrected chi connectivity index (χ2v) is 6.02. The molecule has 2 aliphatic rings. The molecule has 0 bridgehead atoms. The van der Waals surface area contributed by atoms with Crippen LogP contribution in [0.1, 0.15) is 23.5 Å². The number of nitrogens with zero attached hydrogens (tertiary/aromatic N) is 2. The monoisotopic (exact) mass is 259 g/mol. The number of likely N-dealkylation sites (N-methyl/N-ethyl adjacent to an activating group) is 1. The summed E-state index contributed by atoms with van der Waals surface area (Å²) in [6.45, 7) is 8.18. The number of hydrogen-bond donors (Lipinski definition) is 1. The molecule has 3 nitrogen and oxygen atoms in total. The van der Waals surface area contributed by atoms with E-state index in [-0.39, 0.29) is 0 Å². The molecule has 1 aromatic carbocycles. The SMILES string of the molecule is CN1CCC(c2ccc(CN3CCNCC3)cc2)C1. The fourth-order valence-electron chi connectivity index (χ4n) is 3.23. The number of likely N-dealkylation sites (tertiary alicyclic amines) is 1. The third-order valence-electron chi connectivity index (χ3n) is 4.46. The van der Waals surface area contributed by atoms with E-state index in [1.165, 1.54) is 43.7 Å². The van der Waals surface area contributed by atoms with Crippen molar-refractivity contribution in [3.05, 3.63) is 35.4 Å². The molecule has 0 spiro atoms. The first-order valence-corrected chi connectivity index (χ1v) is 7.52. The number of rotatable bonds is 3. The Bertz CT molecular complexity index is 395. The molecule has 0 saturated carbocycles. The third kappa shape index (κ3) is 3.35. The van der Waals surface area contributed by atoms with Gasteiger partial charge in [0, 0.05) is 39.3 Å². The average molecular weight is 259 g/mol. The van der Waals surface area contributed by atoms with Crippen LogP contribution in [0, 0.1) is 0 Å². The van der Waals surface area contributed by atoms with Crippen molar-refractivity contribution in [2.45, 2.75) is 18.9 Å². The normalized spacial score (nSPS) is 25.8. The summed E-state index contributed by atoms with van der Waals surface area (Å²) in [5.74, 6) is 0.748. The van der Waals surface area contributed by atoms with Gasteiger partial charge in [0.05, 0.1) is 0 Å². The molecule has 1 unspecified atom stereocenters. The lowest BCUT2D eigenvalue weighted by molar-refractivity contribution is 0.233. The molecule has 2 heterocycles. The van der Waals surface area contributed by atoms with E-state index in [1.807, 2.05) is 0 Å². The topological polar surface area (TPSA) is 18.5 Å². The molecule has 3 heteroatoms. The maximum absolute atomic E-state index is 3.40. The van der Waals surface area contributed by atoms with Crippen molar-refractivity contribution >= 4 is 0 Å². The summed E-state index contributed by atoms with van der Waals surface area (Å²) in [6, 6.07) is 9.36. The largest absolute Gasteiger partial charge is 0.314 e. The standard InChI is InChI=1S/C16H25N3/c1-18-9-6-16(13-18)15-4-2-14(3-5-15)12-19-10-7-17-8-11-19/h2-5,16-17H,6-13H2,1H3. The van der Waals surface area contributed by atoms with Crippen LogP contribution in [0.4, 0.5) is 0 Å². The van der Waals surface area contributed by atoms with E-state index in [0.717, 1.165) is 25.6 Å². The van der Waals surface area contributed by atoms with Crippen LogP contribution in [0.2, 0.25) is 0 Å². The van der Waals surface area contributed by atoms with Gasteiger partial charge in [0.1, 0.15) is 0 Å². The molecule has 0 radical (unpaired) electrons. The van der Waals surface area contributed by atoms with Gasteiger partial charge in [-0.1, -0.05) is 24.3 Å². The van der Waals surface area contributed by atoms with Crippen LogP contribution < -0.4 is 5.32 Å². The molecular formula is C16H25N3. The van der Waals surface area contributed by atoms with Gasteiger partial charge in [0.2, 0.25) is 0 Å². The molecular weight excluding hydrogens is 234 g/mol. The van der Waals surface area contributed by atoms with E-state index in [9.17, 15) is 0 Å². The fourth-order valence-corrected chi connectivity index (χ4v) is 3.23. The predicted molar refractivity (Wildman–Crippen MR) is 79.4 cm³/mol. The number of piperazine rings is 1. The predicted octanol–water partition coefficient (Wildman–Crippen LogP) is 1.51. The molecule has 0 aromatic heterocycles. The average Bonchev–Trinajstić information content (AvgIpc) is 2.87. The molecule has 2 fully saturated rings. The molecule has 0 aliphatic carbocycles. The van der Waals surface area contributed by atoms with Gasteiger partial charge in [-0.25, -0.2) is 0 Å². The number of benzene rings is 1. The van der Waals surface area contributed by atoms with Gasteiger partial charge in [-0.2, -0.15) is 0 Å². The van der Waals surface area contributed by atoms with Crippen molar-refractivity contribution in [1.29, 1.82) is 0 Å². The lowest BCUT2D eigenvalue weighted by Gasteiger charge is -2.27. The van der Waals surface area contributed by atoms with E-state index in [4.69, 9.17) is 0 Å². The Labute approximate surface area is 116 Å². The molecule has 1 aromatic rings. The smallest absolute Gasteiger partial charge is 0.0234 e. The van der Waals surface area contributed by atoms with Crippen molar-refractivity contribution in [3.8, 4) is 0 Å². The first-order valence-electron chi connectivity index (χ1n) is 7.52. The van der Waals surface area contributed by atoms with Gasteiger partial charge in [-0.05, 0) is 37.1 Å². The lowest BCUT2D eigenvalue weighted by Crippen LogP contribution is -2.42. The Morgan fingerprint density at radius 1 is 1.11 bits per heavy atom. The summed E-state index contributed by atoms with van der Waals surface area (Å²) in [5.41, 5.74) is 2.98. The summed E-state index contributed by atoms with van der Waals surface area (Å²) < 4.78 is 0. The second-order valence-electron chi connectivity index (χ2n) is 6.02. The highest BCUT2D eigenvalue weighted by Crippen LogP contribution is 2.26. The Hall–Kier alpha value is -0.900. The number of hydrogen-bond acceptors (Lipinski definition) is 3. The van der Waals surface area contributed by atoms with Crippen molar-refractivity contribution in [2.75, 3.05) is 46.3 Å². The summed E-state index contributed by atoms with van der Waals surface area (Å²) in [6.07, 6.45) is 1.31. The second kappa shape index (κ2) is 6.04. The highest BCUT2D eigenvalue weighted by Gasteiger charge is 2.20. The van der Waals surface area contributed by atoms with Gasteiger partial charge in [0.25, 0.3) is 0 Å². The maximum Gasteiger partial charge on any atom is 0.0234 e. The van der Waals surface area contributed by atoms with Gasteiger partial charge in [-0.15, -0.1) is 0 Å². The van der Waals surface area contributed by atoms with Crippen LogP contribution in [-0.4, -0.2) is 56.1 Å². The van der Waals surface area contributed by atoms with Crippen molar-refractivity contribution in [3.63, 3.8) is 0 Å². The van der Waals surface area contributed by atoms with Gasteiger partial charge in [0.15, 0.2) is 0 Å².